The van der Waals surface area contributed by atoms with Gasteiger partial charge < -0.3 is 9.30 Å². The van der Waals surface area contributed by atoms with Crippen molar-refractivity contribution in [2.75, 3.05) is 7.11 Å². The second-order valence-electron chi connectivity index (χ2n) is 4.69. The highest BCUT2D eigenvalue weighted by Gasteiger charge is 2.06. The summed E-state index contributed by atoms with van der Waals surface area (Å²) < 4.78 is 7.80. The highest BCUT2D eigenvalue weighted by atomic mass is 79.9. The smallest absolute Gasteiger partial charge is 0.337 e. The summed E-state index contributed by atoms with van der Waals surface area (Å²) in [5, 5.41) is 0. The molecular formula is C16H13BrN2O2. The summed E-state index contributed by atoms with van der Waals surface area (Å²) in [6.07, 6.45) is 1.82. The van der Waals surface area contributed by atoms with Crippen molar-refractivity contribution >= 4 is 32.9 Å². The highest BCUT2D eigenvalue weighted by Crippen LogP contribution is 2.20. The number of imidazole rings is 1. The SMILES string of the molecule is COC(=O)c1ccc(Cn2cnc3ccc(Br)cc32)cc1. The van der Waals surface area contributed by atoms with Crippen molar-refractivity contribution < 1.29 is 9.53 Å². The van der Waals surface area contributed by atoms with Crippen LogP contribution in [0.5, 0.6) is 0 Å². The van der Waals surface area contributed by atoms with Crippen LogP contribution in [0.3, 0.4) is 0 Å². The van der Waals surface area contributed by atoms with Crippen molar-refractivity contribution in [3.63, 3.8) is 0 Å². The zero-order valence-corrected chi connectivity index (χ0v) is 13.0. The summed E-state index contributed by atoms with van der Waals surface area (Å²) >= 11 is 3.48. The molecule has 3 rings (SSSR count). The van der Waals surface area contributed by atoms with E-state index in [4.69, 9.17) is 4.74 Å². The van der Waals surface area contributed by atoms with Gasteiger partial charge in [0.2, 0.25) is 0 Å². The Morgan fingerprint density at radius 3 is 2.71 bits per heavy atom. The van der Waals surface area contributed by atoms with Crippen molar-refractivity contribution in [2.45, 2.75) is 6.54 Å². The second-order valence-corrected chi connectivity index (χ2v) is 5.61. The molecule has 106 valence electrons. The van der Waals surface area contributed by atoms with Crippen LogP contribution < -0.4 is 0 Å². The first-order chi connectivity index (χ1) is 10.2. The minimum atomic E-state index is -0.321. The molecule has 1 aromatic heterocycles. The van der Waals surface area contributed by atoms with E-state index in [0.717, 1.165) is 21.1 Å². The van der Waals surface area contributed by atoms with Gasteiger partial charge in [-0.2, -0.15) is 0 Å². The summed E-state index contributed by atoms with van der Waals surface area (Å²) in [6, 6.07) is 13.4. The van der Waals surface area contributed by atoms with Crippen LogP contribution in [0.1, 0.15) is 15.9 Å². The lowest BCUT2D eigenvalue weighted by Crippen LogP contribution is -2.02. The number of ether oxygens (including phenoxy) is 1. The Balaban J connectivity index is 1.88. The van der Waals surface area contributed by atoms with E-state index in [1.807, 2.05) is 36.7 Å². The summed E-state index contributed by atoms with van der Waals surface area (Å²) in [7, 11) is 1.38. The Kier molecular flexibility index (Phi) is 3.75. The number of halogens is 1. The molecule has 0 amide bonds. The van der Waals surface area contributed by atoms with Gasteiger partial charge in [-0.05, 0) is 35.9 Å². The average molecular weight is 345 g/mol. The van der Waals surface area contributed by atoms with Crippen LogP contribution in [0.15, 0.2) is 53.3 Å². The number of esters is 1. The van der Waals surface area contributed by atoms with Crippen molar-refractivity contribution in [3.8, 4) is 0 Å². The topological polar surface area (TPSA) is 44.1 Å². The first kappa shape index (κ1) is 13.8. The maximum atomic E-state index is 11.4. The number of carbonyl (C=O) groups is 1. The Morgan fingerprint density at radius 1 is 1.24 bits per heavy atom. The number of hydrogen-bond acceptors (Lipinski definition) is 3. The molecule has 0 radical (unpaired) electrons. The molecule has 0 aliphatic carbocycles. The van der Waals surface area contributed by atoms with Gasteiger partial charge in [-0.1, -0.05) is 28.1 Å². The third-order valence-electron chi connectivity index (χ3n) is 3.31. The molecule has 0 spiro atoms. The molecule has 21 heavy (non-hydrogen) atoms. The molecule has 2 aromatic carbocycles. The first-order valence-electron chi connectivity index (χ1n) is 6.45. The molecule has 4 nitrogen and oxygen atoms in total. The summed E-state index contributed by atoms with van der Waals surface area (Å²) in [5.74, 6) is -0.321. The number of fused-ring (bicyclic) bond motifs is 1. The quantitative estimate of drug-likeness (QED) is 0.681. The van der Waals surface area contributed by atoms with Crippen molar-refractivity contribution in [2.24, 2.45) is 0 Å². The predicted octanol–water partition coefficient (Wildman–Crippen LogP) is 3.63. The Hall–Kier alpha value is -2.14. The van der Waals surface area contributed by atoms with Gasteiger partial charge >= 0.3 is 5.97 Å². The molecule has 0 atom stereocenters. The fraction of sp³-hybridized carbons (Fsp3) is 0.125. The van der Waals surface area contributed by atoms with Crippen LogP contribution in [-0.4, -0.2) is 22.6 Å². The van der Waals surface area contributed by atoms with Crippen LogP contribution in [0, 0.1) is 0 Å². The van der Waals surface area contributed by atoms with E-state index in [1.54, 1.807) is 12.1 Å². The van der Waals surface area contributed by atoms with Crippen molar-refractivity contribution in [1.82, 2.24) is 9.55 Å². The number of hydrogen-bond donors (Lipinski definition) is 0. The number of nitrogens with zero attached hydrogens (tertiary/aromatic N) is 2. The molecular weight excluding hydrogens is 332 g/mol. The summed E-state index contributed by atoms with van der Waals surface area (Å²) in [5.41, 5.74) is 3.69. The molecule has 0 fully saturated rings. The van der Waals surface area contributed by atoms with Gasteiger partial charge in [-0.25, -0.2) is 9.78 Å². The standard InChI is InChI=1S/C16H13BrN2O2/c1-21-16(20)12-4-2-11(3-5-12)9-19-10-18-14-7-6-13(17)8-15(14)19/h2-8,10H,9H2,1H3. The van der Waals surface area contributed by atoms with Crippen molar-refractivity contribution in [1.29, 1.82) is 0 Å². The van der Waals surface area contributed by atoms with Gasteiger partial charge in [-0.3, -0.25) is 0 Å². The van der Waals surface area contributed by atoms with Gasteiger partial charge in [0.15, 0.2) is 0 Å². The van der Waals surface area contributed by atoms with E-state index >= 15 is 0 Å². The molecule has 0 bridgehead atoms. The van der Waals surface area contributed by atoms with E-state index < -0.39 is 0 Å². The van der Waals surface area contributed by atoms with Gasteiger partial charge in [0, 0.05) is 11.0 Å². The normalized spacial score (nSPS) is 10.8. The van der Waals surface area contributed by atoms with Gasteiger partial charge in [0.05, 0.1) is 30.0 Å². The molecule has 3 aromatic rings. The van der Waals surface area contributed by atoms with E-state index in [1.165, 1.54) is 7.11 Å². The molecule has 0 saturated heterocycles. The van der Waals surface area contributed by atoms with E-state index in [0.29, 0.717) is 12.1 Å². The molecule has 0 aliphatic heterocycles. The number of carbonyl (C=O) groups excluding carboxylic acids is 1. The second kappa shape index (κ2) is 5.69. The summed E-state index contributed by atoms with van der Waals surface area (Å²) in [6.45, 7) is 0.703. The van der Waals surface area contributed by atoms with Gasteiger partial charge in [-0.15, -0.1) is 0 Å². The maximum absolute atomic E-state index is 11.4. The van der Waals surface area contributed by atoms with E-state index in [-0.39, 0.29) is 5.97 Å². The predicted molar refractivity (Wildman–Crippen MR) is 84.3 cm³/mol. The first-order valence-corrected chi connectivity index (χ1v) is 7.24. The maximum Gasteiger partial charge on any atom is 0.337 e. The molecule has 0 N–H and O–H groups in total. The fourth-order valence-electron chi connectivity index (χ4n) is 2.22. The molecule has 0 saturated carbocycles. The molecule has 1 heterocycles. The number of aromatic nitrogens is 2. The largest absolute Gasteiger partial charge is 0.465 e. The lowest BCUT2D eigenvalue weighted by molar-refractivity contribution is 0.0600. The minimum Gasteiger partial charge on any atom is -0.465 e. The molecule has 5 heteroatoms. The third kappa shape index (κ3) is 2.83. The number of benzene rings is 2. The molecule has 0 aliphatic rings. The Morgan fingerprint density at radius 2 is 2.00 bits per heavy atom. The lowest BCUT2D eigenvalue weighted by atomic mass is 10.1. The minimum absolute atomic E-state index is 0.321. The van der Waals surface area contributed by atoms with Crippen LogP contribution in [0.25, 0.3) is 11.0 Å². The van der Waals surface area contributed by atoms with Crippen molar-refractivity contribution in [3.05, 3.63) is 64.4 Å². The molecule has 0 unspecified atom stereocenters. The van der Waals surface area contributed by atoms with Crippen LogP contribution >= 0.6 is 15.9 Å². The Labute approximate surface area is 130 Å². The monoisotopic (exact) mass is 344 g/mol. The van der Waals surface area contributed by atoms with Crippen LogP contribution in [0.2, 0.25) is 0 Å². The zero-order chi connectivity index (χ0) is 14.8. The number of rotatable bonds is 3. The highest BCUT2D eigenvalue weighted by molar-refractivity contribution is 9.10. The average Bonchev–Trinajstić information content (AvgIpc) is 2.89. The third-order valence-corrected chi connectivity index (χ3v) is 3.80. The lowest BCUT2D eigenvalue weighted by Gasteiger charge is -2.06. The fourth-order valence-corrected chi connectivity index (χ4v) is 2.57. The Bertz CT molecular complexity index is 794. The number of methoxy groups -OCH3 is 1. The van der Waals surface area contributed by atoms with Gasteiger partial charge in [0.25, 0.3) is 0 Å². The summed E-state index contributed by atoms with van der Waals surface area (Å²) in [4.78, 5) is 15.8. The van der Waals surface area contributed by atoms with E-state index in [9.17, 15) is 4.79 Å². The van der Waals surface area contributed by atoms with E-state index in [2.05, 4.69) is 25.5 Å². The van der Waals surface area contributed by atoms with Crippen LogP contribution in [-0.2, 0) is 11.3 Å². The van der Waals surface area contributed by atoms with Gasteiger partial charge in [0.1, 0.15) is 0 Å². The van der Waals surface area contributed by atoms with Crippen LogP contribution in [0.4, 0.5) is 0 Å². The zero-order valence-electron chi connectivity index (χ0n) is 11.4.